The summed E-state index contributed by atoms with van der Waals surface area (Å²) in [4.78, 5) is 24.3. The normalized spacial score (nSPS) is 16.6. The van der Waals surface area contributed by atoms with Crippen LogP contribution in [0.15, 0.2) is 48.5 Å². The van der Waals surface area contributed by atoms with Gasteiger partial charge in [0.1, 0.15) is 6.10 Å². The topological polar surface area (TPSA) is 67.4 Å². The second-order valence-corrected chi connectivity index (χ2v) is 5.84. The molecule has 2 aromatic carbocycles. The first-order chi connectivity index (χ1) is 11.6. The minimum atomic E-state index is -0.356. The van der Waals surface area contributed by atoms with Crippen molar-refractivity contribution < 1.29 is 14.3 Å². The molecule has 2 N–H and O–H groups in total. The molecule has 0 saturated carbocycles. The molecule has 0 radical (unpaired) electrons. The number of carbonyl (C=O) groups excluding carboxylic acids is 2. The molecular weight excluding hydrogens is 304 g/mol. The van der Waals surface area contributed by atoms with E-state index in [0.717, 1.165) is 18.4 Å². The second kappa shape index (κ2) is 7.27. The van der Waals surface area contributed by atoms with Gasteiger partial charge in [-0.05, 0) is 55.7 Å². The van der Waals surface area contributed by atoms with Gasteiger partial charge in [0.15, 0.2) is 0 Å². The van der Waals surface area contributed by atoms with Gasteiger partial charge in [0.05, 0.1) is 0 Å². The Balaban J connectivity index is 1.61. The highest BCUT2D eigenvalue weighted by atomic mass is 16.5. The zero-order chi connectivity index (χ0) is 16.9. The van der Waals surface area contributed by atoms with Gasteiger partial charge in [0.25, 0.3) is 11.8 Å². The maximum atomic E-state index is 12.3. The van der Waals surface area contributed by atoms with Crippen molar-refractivity contribution in [2.75, 3.05) is 17.2 Å². The molecule has 1 saturated heterocycles. The zero-order valence-electron chi connectivity index (χ0n) is 13.5. The lowest BCUT2D eigenvalue weighted by Gasteiger charge is -2.11. The Morgan fingerprint density at radius 1 is 1.00 bits per heavy atom. The van der Waals surface area contributed by atoms with Crippen LogP contribution in [0.25, 0.3) is 0 Å². The summed E-state index contributed by atoms with van der Waals surface area (Å²) in [6.07, 6.45) is 1.32. The average Bonchev–Trinajstić information content (AvgIpc) is 3.11. The summed E-state index contributed by atoms with van der Waals surface area (Å²) < 4.78 is 5.35. The van der Waals surface area contributed by atoms with Crippen LogP contribution in [0.2, 0.25) is 0 Å². The molecule has 124 valence electrons. The van der Waals surface area contributed by atoms with Crippen LogP contribution < -0.4 is 10.6 Å². The number of amides is 2. The molecule has 1 heterocycles. The molecule has 3 rings (SSSR count). The summed E-state index contributed by atoms with van der Waals surface area (Å²) in [7, 11) is 0. The van der Waals surface area contributed by atoms with Crippen molar-refractivity contribution in [2.45, 2.75) is 25.9 Å². The molecule has 0 bridgehead atoms. The predicted molar refractivity (Wildman–Crippen MR) is 93.2 cm³/mol. The first-order valence-corrected chi connectivity index (χ1v) is 8.03. The average molecular weight is 324 g/mol. The fraction of sp³-hybridized carbons (Fsp3) is 0.263. The van der Waals surface area contributed by atoms with Gasteiger partial charge in [-0.15, -0.1) is 0 Å². The van der Waals surface area contributed by atoms with Crippen molar-refractivity contribution in [1.29, 1.82) is 0 Å². The quantitative estimate of drug-likeness (QED) is 0.906. The van der Waals surface area contributed by atoms with Crippen molar-refractivity contribution in [2.24, 2.45) is 0 Å². The Bertz CT molecular complexity index is 735. The van der Waals surface area contributed by atoms with Crippen LogP contribution in [-0.4, -0.2) is 24.5 Å². The maximum absolute atomic E-state index is 12.3. The first kappa shape index (κ1) is 16.2. The molecule has 1 aliphatic rings. The van der Waals surface area contributed by atoms with Crippen molar-refractivity contribution in [3.63, 3.8) is 0 Å². The third-order valence-electron chi connectivity index (χ3n) is 4.02. The largest absolute Gasteiger partial charge is 0.368 e. The van der Waals surface area contributed by atoms with E-state index < -0.39 is 0 Å². The molecule has 0 spiro atoms. The van der Waals surface area contributed by atoms with Gasteiger partial charge in [-0.3, -0.25) is 9.59 Å². The van der Waals surface area contributed by atoms with Gasteiger partial charge in [-0.2, -0.15) is 0 Å². The number of nitrogens with one attached hydrogen (secondary N) is 2. The Kier molecular flexibility index (Phi) is 4.91. The van der Waals surface area contributed by atoms with E-state index in [1.807, 2.05) is 25.1 Å². The van der Waals surface area contributed by atoms with E-state index in [1.165, 1.54) is 0 Å². The molecule has 5 heteroatoms. The fourth-order valence-corrected chi connectivity index (χ4v) is 2.67. The molecule has 24 heavy (non-hydrogen) atoms. The van der Waals surface area contributed by atoms with Crippen LogP contribution in [0.5, 0.6) is 0 Å². The minimum Gasteiger partial charge on any atom is -0.368 e. The Labute approximate surface area is 141 Å². The number of aryl methyl sites for hydroxylation is 1. The van der Waals surface area contributed by atoms with E-state index in [9.17, 15) is 9.59 Å². The second-order valence-electron chi connectivity index (χ2n) is 5.84. The number of benzene rings is 2. The highest BCUT2D eigenvalue weighted by Crippen LogP contribution is 2.18. The molecule has 0 aliphatic carbocycles. The van der Waals surface area contributed by atoms with E-state index in [-0.39, 0.29) is 17.9 Å². The van der Waals surface area contributed by atoms with Crippen molar-refractivity contribution >= 4 is 23.2 Å². The van der Waals surface area contributed by atoms with Crippen molar-refractivity contribution in [1.82, 2.24) is 0 Å². The zero-order valence-corrected chi connectivity index (χ0v) is 13.5. The summed E-state index contributed by atoms with van der Waals surface area (Å²) >= 11 is 0. The highest BCUT2D eigenvalue weighted by Gasteiger charge is 2.23. The molecule has 1 fully saturated rings. The van der Waals surface area contributed by atoms with Gasteiger partial charge in [-0.1, -0.05) is 18.2 Å². The number of ether oxygens (including phenoxy) is 1. The number of rotatable bonds is 4. The number of hydrogen-bond donors (Lipinski definition) is 2. The molecule has 2 amide bonds. The monoisotopic (exact) mass is 324 g/mol. The number of anilines is 2. The lowest BCUT2D eigenvalue weighted by molar-refractivity contribution is -0.124. The molecule has 5 nitrogen and oxygen atoms in total. The summed E-state index contributed by atoms with van der Waals surface area (Å²) in [5.74, 6) is -0.270. The summed E-state index contributed by atoms with van der Waals surface area (Å²) in [6.45, 7) is 2.54. The molecule has 2 aromatic rings. The summed E-state index contributed by atoms with van der Waals surface area (Å²) in [5.41, 5.74) is 2.94. The SMILES string of the molecule is Cc1ccccc1C(=O)Nc1ccc(NC(=O)[C@H]2CCCO2)cc1. The first-order valence-electron chi connectivity index (χ1n) is 8.03. The molecular formula is C19H20N2O3. The van der Waals surface area contributed by atoms with Gasteiger partial charge >= 0.3 is 0 Å². The van der Waals surface area contributed by atoms with Crippen molar-refractivity contribution in [3.05, 3.63) is 59.7 Å². The highest BCUT2D eigenvalue weighted by molar-refractivity contribution is 6.05. The maximum Gasteiger partial charge on any atom is 0.255 e. The lowest BCUT2D eigenvalue weighted by Crippen LogP contribution is -2.26. The summed E-state index contributed by atoms with van der Waals surface area (Å²) in [5, 5.41) is 5.69. The Morgan fingerprint density at radius 3 is 2.29 bits per heavy atom. The van der Waals surface area contributed by atoms with Crippen LogP contribution >= 0.6 is 0 Å². The summed E-state index contributed by atoms with van der Waals surface area (Å²) in [6, 6.07) is 14.5. The molecule has 0 unspecified atom stereocenters. The van der Waals surface area contributed by atoms with E-state index in [2.05, 4.69) is 10.6 Å². The Hall–Kier alpha value is -2.66. The number of carbonyl (C=O) groups is 2. The number of hydrogen-bond acceptors (Lipinski definition) is 3. The third kappa shape index (κ3) is 3.81. The molecule has 1 atom stereocenters. The van der Waals surface area contributed by atoms with E-state index >= 15 is 0 Å². The van der Waals surface area contributed by atoms with Crippen LogP contribution in [0, 0.1) is 6.92 Å². The van der Waals surface area contributed by atoms with Crippen LogP contribution in [-0.2, 0) is 9.53 Å². The van der Waals surface area contributed by atoms with Gasteiger partial charge in [0.2, 0.25) is 0 Å². The van der Waals surface area contributed by atoms with E-state index in [1.54, 1.807) is 30.3 Å². The standard InChI is InChI=1S/C19H20N2O3/c1-13-5-2-3-6-16(13)18(22)20-14-8-10-15(11-9-14)21-19(23)17-7-4-12-24-17/h2-3,5-6,8-11,17H,4,7,12H2,1H3,(H,20,22)(H,21,23)/t17-/m1/s1. The van der Waals surface area contributed by atoms with Gasteiger partial charge in [-0.25, -0.2) is 0 Å². The smallest absolute Gasteiger partial charge is 0.255 e. The fourth-order valence-electron chi connectivity index (χ4n) is 2.67. The lowest BCUT2D eigenvalue weighted by atomic mass is 10.1. The predicted octanol–water partition coefficient (Wildman–Crippen LogP) is 3.36. The van der Waals surface area contributed by atoms with E-state index in [0.29, 0.717) is 23.5 Å². The molecule has 0 aromatic heterocycles. The van der Waals surface area contributed by atoms with Crippen LogP contribution in [0.3, 0.4) is 0 Å². The molecule has 1 aliphatic heterocycles. The Morgan fingerprint density at radius 2 is 1.67 bits per heavy atom. The van der Waals surface area contributed by atoms with Crippen LogP contribution in [0.4, 0.5) is 11.4 Å². The van der Waals surface area contributed by atoms with Gasteiger partial charge in [0, 0.05) is 23.5 Å². The van der Waals surface area contributed by atoms with Gasteiger partial charge < -0.3 is 15.4 Å². The van der Waals surface area contributed by atoms with Crippen molar-refractivity contribution in [3.8, 4) is 0 Å². The van der Waals surface area contributed by atoms with Crippen LogP contribution in [0.1, 0.15) is 28.8 Å². The minimum absolute atomic E-state index is 0.121. The van der Waals surface area contributed by atoms with E-state index in [4.69, 9.17) is 4.74 Å². The third-order valence-corrected chi connectivity index (χ3v) is 4.02.